The molecule has 4 rings (SSSR count). The fourth-order valence-corrected chi connectivity index (χ4v) is 6.54. The van der Waals surface area contributed by atoms with E-state index < -0.39 is 9.84 Å². The van der Waals surface area contributed by atoms with Gasteiger partial charge < -0.3 is 9.47 Å². The molecule has 1 aromatic heterocycles. The molecule has 0 radical (unpaired) electrons. The molecule has 1 aromatic rings. The lowest BCUT2D eigenvalue weighted by Gasteiger charge is -2.32. The lowest BCUT2D eigenvalue weighted by atomic mass is 9.97. The lowest BCUT2D eigenvalue weighted by molar-refractivity contribution is -0.132. The highest BCUT2D eigenvalue weighted by Gasteiger charge is 2.32. The highest BCUT2D eigenvalue weighted by Crippen LogP contribution is 2.29. The molecular weight excluding hydrogens is 352 g/mol. The van der Waals surface area contributed by atoms with Crippen molar-refractivity contribution in [3.8, 4) is 0 Å². The van der Waals surface area contributed by atoms with Gasteiger partial charge in [-0.1, -0.05) is 12.8 Å². The zero-order chi connectivity index (χ0) is 18.1. The molecule has 1 amide bonds. The highest BCUT2D eigenvalue weighted by molar-refractivity contribution is 7.92. The summed E-state index contributed by atoms with van der Waals surface area (Å²) in [6.07, 6.45) is 7.69. The summed E-state index contributed by atoms with van der Waals surface area (Å²) in [6.45, 7) is 2.34. The number of aromatic nitrogens is 3. The van der Waals surface area contributed by atoms with Gasteiger partial charge in [-0.25, -0.2) is 8.42 Å². The maximum atomic E-state index is 12.6. The van der Waals surface area contributed by atoms with Crippen LogP contribution in [0.25, 0.3) is 0 Å². The number of hydrogen-bond donors (Lipinski definition) is 0. The van der Waals surface area contributed by atoms with Crippen molar-refractivity contribution >= 4 is 15.7 Å². The fraction of sp³-hybridized carbons (Fsp3) is 0.833. The standard InChI is InChI=1S/C18H28N4O3S/c23-17(9-12-26(24,25)15-6-1-2-7-15)21-10-3-5-14(13-21)18-20-19-16-8-4-11-22(16)18/h14-15H,1-13H2/t14-/m0/s1. The third-order valence-electron chi connectivity index (χ3n) is 6.19. The van der Waals surface area contributed by atoms with Crippen LogP contribution in [-0.4, -0.2) is 58.1 Å². The van der Waals surface area contributed by atoms with Crippen LogP contribution in [0, 0.1) is 0 Å². The van der Waals surface area contributed by atoms with Crippen molar-refractivity contribution in [3.63, 3.8) is 0 Å². The molecule has 7 nitrogen and oxygen atoms in total. The van der Waals surface area contributed by atoms with Gasteiger partial charge in [-0.2, -0.15) is 0 Å². The second-order valence-electron chi connectivity index (χ2n) is 7.93. The molecule has 0 aromatic carbocycles. The summed E-state index contributed by atoms with van der Waals surface area (Å²) in [5.41, 5.74) is 0. The Morgan fingerprint density at radius 2 is 1.85 bits per heavy atom. The minimum absolute atomic E-state index is 0.00199. The molecule has 1 atom stereocenters. The Balaban J connectivity index is 1.36. The van der Waals surface area contributed by atoms with E-state index in [-0.39, 0.29) is 29.2 Å². The van der Waals surface area contributed by atoms with Crippen molar-refractivity contribution in [2.45, 2.75) is 75.5 Å². The number of amides is 1. The summed E-state index contributed by atoms with van der Waals surface area (Å²) < 4.78 is 27.0. The molecule has 0 spiro atoms. The van der Waals surface area contributed by atoms with Crippen LogP contribution in [0.1, 0.15) is 68.9 Å². The molecule has 2 aliphatic heterocycles. The molecule has 3 aliphatic rings. The third-order valence-corrected chi connectivity index (χ3v) is 8.45. The van der Waals surface area contributed by atoms with Crippen LogP contribution in [-0.2, 0) is 27.6 Å². The summed E-state index contributed by atoms with van der Waals surface area (Å²) in [6, 6.07) is 0. The first kappa shape index (κ1) is 17.9. The van der Waals surface area contributed by atoms with Crippen LogP contribution in [0.5, 0.6) is 0 Å². The van der Waals surface area contributed by atoms with Crippen LogP contribution in [0.4, 0.5) is 0 Å². The Kier molecular flexibility index (Phi) is 5.03. The lowest BCUT2D eigenvalue weighted by Crippen LogP contribution is -2.40. The minimum Gasteiger partial charge on any atom is -0.342 e. The predicted molar refractivity (Wildman–Crippen MR) is 97.6 cm³/mol. The van der Waals surface area contributed by atoms with Gasteiger partial charge in [-0.05, 0) is 32.1 Å². The highest BCUT2D eigenvalue weighted by atomic mass is 32.2. The molecule has 8 heteroatoms. The van der Waals surface area contributed by atoms with Crippen LogP contribution < -0.4 is 0 Å². The van der Waals surface area contributed by atoms with E-state index in [1.54, 1.807) is 0 Å². The number of hydrogen-bond acceptors (Lipinski definition) is 5. The van der Waals surface area contributed by atoms with E-state index in [0.717, 1.165) is 76.1 Å². The molecule has 2 fully saturated rings. The fourth-order valence-electron chi connectivity index (χ4n) is 4.69. The normalized spacial score (nSPS) is 24.2. The summed E-state index contributed by atoms with van der Waals surface area (Å²) in [7, 11) is -3.13. The number of carbonyl (C=O) groups is 1. The second kappa shape index (κ2) is 7.29. The number of rotatable bonds is 5. The molecule has 1 saturated heterocycles. The minimum atomic E-state index is -3.13. The summed E-state index contributed by atoms with van der Waals surface area (Å²) in [4.78, 5) is 14.5. The van der Waals surface area contributed by atoms with Crippen molar-refractivity contribution in [3.05, 3.63) is 11.6 Å². The molecule has 0 N–H and O–H groups in total. The van der Waals surface area contributed by atoms with Crippen LogP contribution in [0.2, 0.25) is 0 Å². The third kappa shape index (κ3) is 3.52. The second-order valence-corrected chi connectivity index (χ2v) is 10.3. The Hall–Kier alpha value is -1.44. The Bertz CT molecular complexity index is 767. The van der Waals surface area contributed by atoms with E-state index in [4.69, 9.17) is 0 Å². The topological polar surface area (TPSA) is 85.2 Å². The number of likely N-dealkylation sites (tertiary alicyclic amines) is 1. The summed E-state index contributed by atoms with van der Waals surface area (Å²) in [5.74, 6) is 2.26. The molecule has 1 aliphatic carbocycles. The quantitative estimate of drug-likeness (QED) is 0.776. The van der Waals surface area contributed by atoms with E-state index in [2.05, 4.69) is 14.8 Å². The molecule has 0 unspecified atom stereocenters. The van der Waals surface area contributed by atoms with Gasteiger partial charge in [0.25, 0.3) is 0 Å². The largest absolute Gasteiger partial charge is 0.342 e. The monoisotopic (exact) mass is 380 g/mol. The van der Waals surface area contributed by atoms with Gasteiger partial charge in [0.15, 0.2) is 9.84 Å². The van der Waals surface area contributed by atoms with Gasteiger partial charge in [0.05, 0.1) is 11.0 Å². The SMILES string of the molecule is O=C(CCS(=O)(=O)C1CCCC1)N1CCC[C@H](c2nnc3n2CCC3)C1. The van der Waals surface area contributed by atoms with Crippen molar-refractivity contribution in [1.82, 2.24) is 19.7 Å². The average molecular weight is 381 g/mol. The van der Waals surface area contributed by atoms with Gasteiger partial charge in [-0.3, -0.25) is 4.79 Å². The van der Waals surface area contributed by atoms with E-state index >= 15 is 0 Å². The Morgan fingerprint density at radius 1 is 1.04 bits per heavy atom. The van der Waals surface area contributed by atoms with Crippen LogP contribution in [0.15, 0.2) is 0 Å². The molecule has 0 bridgehead atoms. The van der Waals surface area contributed by atoms with Gasteiger partial charge in [0.1, 0.15) is 11.6 Å². The Labute approximate surface area is 155 Å². The zero-order valence-electron chi connectivity index (χ0n) is 15.3. The van der Waals surface area contributed by atoms with Gasteiger partial charge in [0.2, 0.25) is 5.91 Å². The molecule has 144 valence electrons. The molecular formula is C18H28N4O3S. The number of sulfone groups is 1. The van der Waals surface area contributed by atoms with Gasteiger partial charge >= 0.3 is 0 Å². The predicted octanol–water partition coefficient (Wildman–Crippen LogP) is 1.68. The van der Waals surface area contributed by atoms with E-state index in [1.807, 2.05) is 4.90 Å². The van der Waals surface area contributed by atoms with Crippen LogP contribution >= 0.6 is 0 Å². The number of carbonyl (C=O) groups excluding carboxylic acids is 1. The van der Waals surface area contributed by atoms with E-state index in [0.29, 0.717) is 6.54 Å². The van der Waals surface area contributed by atoms with Crippen molar-refractivity contribution < 1.29 is 13.2 Å². The number of piperidine rings is 1. The summed E-state index contributed by atoms with van der Waals surface area (Å²) in [5, 5.41) is 8.44. The van der Waals surface area contributed by atoms with E-state index in [1.165, 1.54) is 0 Å². The van der Waals surface area contributed by atoms with Crippen molar-refractivity contribution in [2.24, 2.45) is 0 Å². The number of aryl methyl sites for hydroxylation is 1. The van der Waals surface area contributed by atoms with E-state index in [9.17, 15) is 13.2 Å². The molecule has 3 heterocycles. The zero-order valence-corrected chi connectivity index (χ0v) is 16.1. The summed E-state index contributed by atoms with van der Waals surface area (Å²) >= 11 is 0. The molecule has 26 heavy (non-hydrogen) atoms. The van der Waals surface area contributed by atoms with Gasteiger partial charge in [-0.15, -0.1) is 10.2 Å². The first-order chi connectivity index (χ1) is 12.5. The van der Waals surface area contributed by atoms with Crippen molar-refractivity contribution in [1.29, 1.82) is 0 Å². The maximum absolute atomic E-state index is 12.6. The smallest absolute Gasteiger partial charge is 0.223 e. The number of fused-ring (bicyclic) bond motifs is 1. The first-order valence-corrected chi connectivity index (χ1v) is 11.7. The average Bonchev–Trinajstić information content (AvgIpc) is 3.37. The molecule has 1 saturated carbocycles. The Morgan fingerprint density at radius 3 is 2.65 bits per heavy atom. The first-order valence-electron chi connectivity index (χ1n) is 9.96. The van der Waals surface area contributed by atoms with Crippen molar-refractivity contribution in [2.75, 3.05) is 18.8 Å². The maximum Gasteiger partial charge on any atom is 0.223 e. The van der Waals surface area contributed by atoms with Gasteiger partial charge in [0, 0.05) is 38.4 Å². The van der Waals surface area contributed by atoms with Crippen LogP contribution in [0.3, 0.4) is 0 Å². The number of nitrogens with zero attached hydrogens (tertiary/aromatic N) is 4.